The van der Waals surface area contributed by atoms with Crippen LogP contribution in [-0.2, 0) is 4.74 Å². The van der Waals surface area contributed by atoms with Crippen molar-refractivity contribution in [2.24, 2.45) is 0 Å². The van der Waals surface area contributed by atoms with E-state index in [1.165, 1.54) is 0 Å². The number of thiophene rings is 1. The van der Waals surface area contributed by atoms with Crippen molar-refractivity contribution in [1.29, 1.82) is 0 Å². The van der Waals surface area contributed by atoms with E-state index in [4.69, 9.17) is 16.3 Å². The van der Waals surface area contributed by atoms with E-state index < -0.39 is 0 Å². The van der Waals surface area contributed by atoms with E-state index in [0.717, 1.165) is 15.5 Å². The molecule has 18 heavy (non-hydrogen) atoms. The molecule has 2 nitrogen and oxygen atoms in total. The third-order valence-corrected chi connectivity index (χ3v) is 4.36. The molecule has 1 aromatic carbocycles. The monoisotopic (exact) mass is 281 g/mol. The normalized spacial score (nSPS) is 14.4. The van der Waals surface area contributed by atoms with E-state index in [-0.39, 0.29) is 12.1 Å². The van der Waals surface area contributed by atoms with Crippen molar-refractivity contribution in [1.82, 2.24) is 5.32 Å². The van der Waals surface area contributed by atoms with Gasteiger partial charge in [-0.15, -0.1) is 11.3 Å². The van der Waals surface area contributed by atoms with Crippen LogP contribution in [0.1, 0.15) is 22.6 Å². The molecule has 2 rings (SSSR count). The van der Waals surface area contributed by atoms with Gasteiger partial charge in [0.15, 0.2) is 0 Å². The van der Waals surface area contributed by atoms with E-state index in [1.807, 2.05) is 36.7 Å². The number of benzene rings is 1. The molecule has 4 heteroatoms. The molecule has 0 aliphatic carbocycles. The van der Waals surface area contributed by atoms with E-state index in [1.54, 1.807) is 18.4 Å². The fourth-order valence-electron chi connectivity index (χ4n) is 2.05. The van der Waals surface area contributed by atoms with Gasteiger partial charge in [0, 0.05) is 12.0 Å². The molecule has 0 aliphatic heterocycles. The summed E-state index contributed by atoms with van der Waals surface area (Å²) in [5, 5.41) is 6.08. The van der Waals surface area contributed by atoms with Crippen LogP contribution in [0.2, 0.25) is 5.02 Å². The summed E-state index contributed by atoms with van der Waals surface area (Å²) < 4.78 is 5.65. The van der Waals surface area contributed by atoms with Gasteiger partial charge in [-0.1, -0.05) is 41.9 Å². The zero-order valence-electron chi connectivity index (χ0n) is 10.4. The Bertz CT molecular complexity index is 486. The van der Waals surface area contributed by atoms with Gasteiger partial charge in [-0.25, -0.2) is 0 Å². The summed E-state index contributed by atoms with van der Waals surface area (Å²) in [6.07, 6.45) is -0.0488. The second-order valence-corrected chi connectivity index (χ2v) is 5.32. The van der Waals surface area contributed by atoms with Crippen LogP contribution in [0, 0.1) is 0 Å². The first kappa shape index (κ1) is 13.6. The average molecular weight is 282 g/mol. The predicted octanol–water partition coefficient (Wildman–Crippen LogP) is 4.05. The minimum Gasteiger partial charge on any atom is -0.375 e. The van der Waals surface area contributed by atoms with Gasteiger partial charge in [0.05, 0.1) is 11.1 Å². The van der Waals surface area contributed by atoms with Crippen LogP contribution >= 0.6 is 22.9 Å². The third-order valence-electron chi connectivity index (χ3n) is 2.92. The molecule has 0 spiro atoms. The van der Waals surface area contributed by atoms with Crippen molar-refractivity contribution in [3.63, 3.8) is 0 Å². The minimum atomic E-state index is -0.0488. The number of hydrogen-bond acceptors (Lipinski definition) is 3. The van der Waals surface area contributed by atoms with E-state index in [2.05, 4.69) is 17.4 Å². The predicted molar refractivity (Wildman–Crippen MR) is 77.3 cm³/mol. The topological polar surface area (TPSA) is 21.3 Å². The van der Waals surface area contributed by atoms with Crippen LogP contribution in [0.5, 0.6) is 0 Å². The highest BCUT2D eigenvalue weighted by atomic mass is 35.5. The molecule has 2 atom stereocenters. The lowest BCUT2D eigenvalue weighted by molar-refractivity contribution is 0.0713. The first-order valence-corrected chi connectivity index (χ1v) is 7.01. The molecule has 96 valence electrons. The Hall–Kier alpha value is -0.870. The zero-order chi connectivity index (χ0) is 13.0. The van der Waals surface area contributed by atoms with Crippen LogP contribution in [-0.4, -0.2) is 14.2 Å². The number of methoxy groups -OCH3 is 1. The maximum atomic E-state index is 6.22. The number of ether oxygens (including phenoxy) is 1. The molecular formula is C14H16ClNOS. The molecule has 0 saturated heterocycles. The van der Waals surface area contributed by atoms with Gasteiger partial charge < -0.3 is 10.1 Å². The highest BCUT2D eigenvalue weighted by molar-refractivity contribution is 7.10. The number of hydrogen-bond donors (Lipinski definition) is 1. The number of halogens is 1. The van der Waals surface area contributed by atoms with Crippen molar-refractivity contribution in [2.75, 3.05) is 14.2 Å². The van der Waals surface area contributed by atoms with Crippen molar-refractivity contribution in [3.8, 4) is 0 Å². The quantitative estimate of drug-likeness (QED) is 0.893. The lowest BCUT2D eigenvalue weighted by Gasteiger charge is -2.25. The molecular weight excluding hydrogens is 266 g/mol. The molecule has 1 N–H and O–H groups in total. The molecule has 0 aliphatic rings. The molecule has 0 amide bonds. The second-order valence-electron chi connectivity index (χ2n) is 3.97. The zero-order valence-corrected chi connectivity index (χ0v) is 12.0. The van der Waals surface area contributed by atoms with Crippen molar-refractivity contribution < 1.29 is 4.74 Å². The Labute approximate surface area is 117 Å². The highest BCUT2D eigenvalue weighted by Crippen LogP contribution is 2.37. The molecule has 1 heterocycles. The van der Waals surface area contributed by atoms with Gasteiger partial charge >= 0.3 is 0 Å². The van der Waals surface area contributed by atoms with Crippen LogP contribution in [0.25, 0.3) is 0 Å². The Balaban J connectivity index is 2.34. The minimum absolute atomic E-state index is 0.0488. The summed E-state index contributed by atoms with van der Waals surface area (Å²) in [6.45, 7) is 0. The fraction of sp³-hybridized carbons (Fsp3) is 0.286. The Kier molecular flexibility index (Phi) is 4.78. The maximum absolute atomic E-state index is 6.22. The average Bonchev–Trinajstić information content (AvgIpc) is 2.83. The van der Waals surface area contributed by atoms with Crippen LogP contribution in [0.15, 0.2) is 41.8 Å². The van der Waals surface area contributed by atoms with Gasteiger partial charge in [-0.05, 0) is 24.1 Å². The Morgan fingerprint density at radius 1 is 1.22 bits per heavy atom. The van der Waals surface area contributed by atoms with Crippen molar-refractivity contribution in [2.45, 2.75) is 12.1 Å². The van der Waals surface area contributed by atoms with E-state index in [0.29, 0.717) is 0 Å². The van der Waals surface area contributed by atoms with Gasteiger partial charge in [0.2, 0.25) is 0 Å². The molecule has 0 bridgehead atoms. The summed E-state index contributed by atoms with van der Waals surface area (Å²) in [5.74, 6) is 0. The summed E-state index contributed by atoms with van der Waals surface area (Å²) in [7, 11) is 3.65. The smallest absolute Gasteiger partial charge is 0.102 e. The number of rotatable bonds is 5. The summed E-state index contributed by atoms with van der Waals surface area (Å²) in [4.78, 5) is 1.11. The Morgan fingerprint density at radius 2 is 1.94 bits per heavy atom. The van der Waals surface area contributed by atoms with Crippen LogP contribution < -0.4 is 5.32 Å². The molecule has 2 aromatic rings. The standard InChI is InChI=1S/C14H16ClNOS/c1-16-12(14-11(15)8-9-18-14)13(17-2)10-6-4-3-5-7-10/h3-9,12-13,16H,1-2H3. The van der Waals surface area contributed by atoms with Crippen molar-refractivity contribution >= 4 is 22.9 Å². The summed E-state index contributed by atoms with van der Waals surface area (Å²) >= 11 is 7.86. The second kappa shape index (κ2) is 6.34. The summed E-state index contributed by atoms with van der Waals surface area (Å²) in [6, 6.07) is 12.2. The molecule has 0 saturated carbocycles. The number of nitrogens with one attached hydrogen (secondary N) is 1. The van der Waals surface area contributed by atoms with Gasteiger partial charge in [0.25, 0.3) is 0 Å². The van der Waals surface area contributed by atoms with Crippen LogP contribution in [0.3, 0.4) is 0 Å². The van der Waals surface area contributed by atoms with Gasteiger partial charge in [-0.2, -0.15) is 0 Å². The number of likely N-dealkylation sites (N-methyl/N-ethyl adjacent to an activating group) is 1. The largest absolute Gasteiger partial charge is 0.375 e. The molecule has 0 fully saturated rings. The molecule has 1 aromatic heterocycles. The van der Waals surface area contributed by atoms with Crippen molar-refractivity contribution in [3.05, 3.63) is 57.2 Å². The van der Waals surface area contributed by atoms with E-state index in [9.17, 15) is 0 Å². The van der Waals surface area contributed by atoms with E-state index >= 15 is 0 Å². The Morgan fingerprint density at radius 3 is 2.44 bits per heavy atom. The first-order chi connectivity index (χ1) is 8.77. The molecule has 2 unspecified atom stereocenters. The van der Waals surface area contributed by atoms with Gasteiger partial charge in [0.1, 0.15) is 6.10 Å². The third kappa shape index (κ3) is 2.75. The SMILES string of the molecule is CNC(c1sccc1Cl)C(OC)c1ccccc1. The summed E-state index contributed by atoms with van der Waals surface area (Å²) in [5.41, 5.74) is 1.14. The van der Waals surface area contributed by atoms with Crippen LogP contribution in [0.4, 0.5) is 0 Å². The maximum Gasteiger partial charge on any atom is 0.102 e. The first-order valence-electron chi connectivity index (χ1n) is 5.75. The highest BCUT2D eigenvalue weighted by Gasteiger charge is 2.25. The lowest BCUT2D eigenvalue weighted by Crippen LogP contribution is -2.24. The fourth-order valence-corrected chi connectivity index (χ4v) is 3.36. The van der Waals surface area contributed by atoms with Gasteiger partial charge in [-0.3, -0.25) is 0 Å². The molecule has 0 radical (unpaired) electrons. The lowest BCUT2D eigenvalue weighted by atomic mass is 10.0.